The molecule has 1 aromatic heterocycles. The van der Waals surface area contributed by atoms with Gasteiger partial charge < -0.3 is 9.84 Å². The van der Waals surface area contributed by atoms with Crippen LogP contribution in [0.2, 0.25) is 0 Å². The summed E-state index contributed by atoms with van der Waals surface area (Å²) in [6.07, 6.45) is 1.72. The normalized spacial score (nSPS) is 23.2. The van der Waals surface area contributed by atoms with E-state index in [-0.39, 0.29) is 23.3 Å². The molecule has 0 amide bonds. The molecule has 0 aromatic carbocycles. The lowest BCUT2D eigenvalue weighted by Gasteiger charge is -2.29. The lowest BCUT2D eigenvalue weighted by atomic mass is 9.86. The van der Waals surface area contributed by atoms with Crippen molar-refractivity contribution in [2.24, 2.45) is 5.92 Å². The van der Waals surface area contributed by atoms with E-state index in [2.05, 4.69) is 4.74 Å². The number of methoxy groups -OCH3 is 1. The average Bonchev–Trinajstić information content (AvgIpc) is 2.36. The Hall–Kier alpha value is -1.84. The Morgan fingerprint density at radius 2 is 2.06 bits per heavy atom. The molecule has 1 aliphatic heterocycles. The van der Waals surface area contributed by atoms with E-state index >= 15 is 0 Å². The van der Waals surface area contributed by atoms with Gasteiger partial charge in [0.15, 0.2) is 11.9 Å². The van der Waals surface area contributed by atoms with Crippen molar-refractivity contribution in [2.45, 2.75) is 19.8 Å². The highest BCUT2D eigenvalue weighted by atomic mass is 16.5. The van der Waals surface area contributed by atoms with E-state index in [9.17, 15) is 9.90 Å². The number of ether oxygens (including phenoxy) is 1. The predicted octanol–water partition coefficient (Wildman–Crippen LogP) is 0.429. The van der Waals surface area contributed by atoms with Gasteiger partial charge in [0.25, 0.3) is 5.70 Å². The van der Waals surface area contributed by atoms with Crippen molar-refractivity contribution in [2.75, 3.05) is 7.11 Å². The summed E-state index contributed by atoms with van der Waals surface area (Å²) in [6.45, 7) is 3.83. The molecule has 0 N–H and O–H groups in total. The minimum atomic E-state index is -0.578. The lowest BCUT2D eigenvalue weighted by Crippen LogP contribution is -2.49. The highest BCUT2D eigenvalue weighted by Crippen LogP contribution is 2.31. The van der Waals surface area contributed by atoms with Gasteiger partial charge in [-0.05, 0) is 11.7 Å². The third kappa shape index (κ3) is 1.69. The molecule has 2 atom stereocenters. The standard InChI is InChI=1S/C13H15NO3/c1-8-9(2)12(15)11(13(16)17-3)14-7-5-4-6-10(8)14/h4-9H,1-3H3/t8-,9+/m0/s1. The monoisotopic (exact) mass is 233 g/mol. The summed E-state index contributed by atoms with van der Waals surface area (Å²) in [7, 11) is 1.29. The quantitative estimate of drug-likeness (QED) is 0.522. The van der Waals surface area contributed by atoms with Gasteiger partial charge in [-0.3, -0.25) is 0 Å². The van der Waals surface area contributed by atoms with E-state index in [1.54, 1.807) is 16.8 Å². The molecule has 2 rings (SSSR count). The Balaban J connectivity index is 2.66. The molecule has 0 fully saturated rings. The van der Waals surface area contributed by atoms with Crippen LogP contribution in [0.4, 0.5) is 0 Å². The number of hydrogen-bond acceptors (Lipinski definition) is 3. The number of allylic oxidation sites excluding steroid dienone is 1. The van der Waals surface area contributed by atoms with Crippen LogP contribution in [0.25, 0.3) is 5.70 Å². The smallest absolute Gasteiger partial charge is 0.402 e. The third-order valence-electron chi connectivity index (χ3n) is 3.37. The van der Waals surface area contributed by atoms with Gasteiger partial charge in [-0.25, -0.2) is 4.79 Å². The molecular weight excluding hydrogens is 218 g/mol. The van der Waals surface area contributed by atoms with Gasteiger partial charge in [0.2, 0.25) is 0 Å². The van der Waals surface area contributed by atoms with Gasteiger partial charge in [0.1, 0.15) is 0 Å². The molecule has 2 heterocycles. The Morgan fingerprint density at radius 1 is 1.35 bits per heavy atom. The summed E-state index contributed by atoms with van der Waals surface area (Å²) in [5, 5.41) is 12.1. The van der Waals surface area contributed by atoms with Gasteiger partial charge in [-0.15, -0.1) is 0 Å². The predicted molar refractivity (Wildman–Crippen MR) is 59.4 cm³/mol. The number of carbonyl (C=O) groups is 1. The minimum Gasteiger partial charge on any atom is -0.871 e. The number of aromatic nitrogens is 1. The van der Waals surface area contributed by atoms with E-state index in [0.29, 0.717) is 0 Å². The van der Waals surface area contributed by atoms with Gasteiger partial charge >= 0.3 is 5.97 Å². The molecule has 4 heteroatoms. The summed E-state index contributed by atoms with van der Waals surface area (Å²) in [4.78, 5) is 11.7. The van der Waals surface area contributed by atoms with Crippen LogP contribution in [0, 0.1) is 5.92 Å². The molecule has 1 aliphatic rings. The van der Waals surface area contributed by atoms with Crippen LogP contribution in [0.3, 0.4) is 0 Å². The molecule has 0 bridgehead atoms. The number of esters is 1. The number of fused-ring (bicyclic) bond motifs is 1. The van der Waals surface area contributed by atoms with Crippen LogP contribution in [-0.2, 0) is 9.53 Å². The van der Waals surface area contributed by atoms with Crippen LogP contribution in [0.15, 0.2) is 30.2 Å². The van der Waals surface area contributed by atoms with Gasteiger partial charge in [0, 0.05) is 18.1 Å². The molecule has 0 saturated carbocycles. The Kier molecular flexibility index (Phi) is 2.88. The largest absolute Gasteiger partial charge is 0.871 e. The van der Waals surface area contributed by atoms with Crippen LogP contribution in [0.5, 0.6) is 0 Å². The molecule has 4 nitrogen and oxygen atoms in total. The van der Waals surface area contributed by atoms with Crippen LogP contribution < -0.4 is 9.67 Å². The Labute approximate surface area is 100 Å². The maximum Gasteiger partial charge on any atom is 0.402 e. The molecule has 0 radical (unpaired) electrons. The van der Waals surface area contributed by atoms with Crippen molar-refractivity contribution in [3.8, 4) is 0 Å². The molecule has 90 valence electrons. The summed E-state index contributed by atoms with van der Waals surface area (Å²) in [5.41, 5.74) is 1.06. The summed E-state index contributed by atoms with van der Waals surface area (Å²) in [6, 6.07) is 5.62. The topological polar surface area (TPSA) is 53.2 Å². The fourth-order valence-corrected chi connectivity index (χ4v) is 2.14. The first-order valence-electron chi connectivity index (χ1n) is 5.58. The van der Waals surface area contributed by atoms with Crippen LogP contribution in [-0.4, -0.2) is 13.1 Å². The summed E-state index contributed by atoms with van der Waals surface area (Å²) < 4.78 is 6.32. The van der Waals surface area contributed by atoms with E-state index < -0.39 is 5.97 Å². The van der Waals surface area contributed by atoms with E-state index in [1.807, 2.05) is 26.0 Å². The van der Waals surface area contributed by atoms with Gasteiger partial charge in [0.05, 0.1) is 7.11 Å². The van der Waals surface area contributed by atoms with Crippen LogP contribution in [0.1, 0.15) is 25.5 Å². The second-order valence-corrected chi connectivity index (χ2v) is 4.28. The second-order valence-electron chi connectivity index (χ2n) is 4.28. The average molecular weight is 233 g/mol. The minimum absolute atomic E-state index is 0.0945. The first kappa shape index (κ1) is 11.6. The molecule has 1 aromatic rings. The summed E-state index contributed by atoms with van der Waals surface area (Å²) in [5.74, 6) is -0.845. The maximum atomic E-state index is 12.1. The highest BCUT2D eigenvalue weighted by molar-refractivity contribution is 6.06. The van der Waals surface area contributed by atoms with Crippen molar-refractivity contribution in [3.63, 3.8) is 0 Å². The fraction of sp³-hybridized carbons (Fsp3) is 0.385. The van der Waals surface area contributed by atoms with E-state index in [1.165, 1.54) is 7.11 Å². The number of hydrogen-bond donors (Lipinski definition) is 0. The number of pyridine rings is 1. The molecule has 0 saturated heterocycles. The number of nitrogens with zero attached hydrogens (tertiary/aromatic N) is 1. The zero-order chi connectivity index (χ0) is 12.6. The lowest BCUT2D eigenvalue weighted by molar-refractivity contribution is -0.599. The molecule has 0 spiro atoms. The highest BCUT2D eigenvalue weighted by Gasteiger charge is 2.36. The third-order valence-corrected chi connectivity index (χ3v) is 3.37. The van der Waals surface area contributed by atoms with E-state index in [4.69, 9.17) is 0 Å². The SMILES string of the molecule is COC(=O)C1=C([O-])[C@H](C)[C@H](C)c2cccc[n+]21. The first-order chi connectivity index (χ1) is 8.07. The zero-order valence-electron chi connectivity index (χ0n) is 10.1. The molecule has 17 heavy (non-hydrogen) atoms. The number of carbonyl (C=O) groups excluding carboxylic acids is 1. The molecule has 0 unspecified atom stereocenters. The van der Waals surface area contributed by atoms with Gasteiger partial charge in [-0.2, -0.15) is 4.57 Å². The Morgan fingerprint density at radius 3 is 2.71 bits per heavy atom. The fourth-order valence-electron chi connectivity index (χ4n) is 2.14. The molecular formula is C13H15NO3. The second kappa shape index (κ2) is 4.20. The molecule has 0 aliphatic carbocycles. The number of rotatable bonds is 1. The van der Waals surface area contributed by atoms with E-state index in [0.717, 1.165) is 5.69 Å². The zero-order valence-corrected chi connectivity index (χ0v) is 10.1. The Bertz CT molecular complexity index is 493. The van der Waals surface area contributed by atoms with Crippen molar-refractivity contribution in [3.05, 3.63) is 35.8 Å². The van der Waals surface area contributed by atoms with Crippen LogP contribution >= 0.6 is 0 Å². The van der Waals surface area contributed by atoms with Gasteiger partial charge in [-0.1, -0.05) is 19.9 Å². The maximum absolute atomic E-state index is 12.1. The summed E-state index contributed by atoms with van der Waals surface area (Å²) >= 11 is 0. The van der Waals surface area contributed by atoms with Crippen molar-refractivity contribution in [1.82, 2.24) is 0 Å². The van der Waals surface area contributed by atoms with Crippen molar-refractivity contribution >= 4 is 11.7 Å². The first-order valence-corrected chi connectivity index (χ1v) is 5.58. The van der Waals surface area contributed by atoms with Crippen molar-refractivity contribution < 1.29 is 19.2 Å². The van der Waals surface area contributed by atoms with Crippen molar-refractivity contribution in [1.29, 1.82) is 0 Å².